The second kappa shape index (κ2) is 8.65. The Bertz CT molecular complexity index is 719. The molecule has 2 aromatic carbocycles. The van der Waals surface area contributed by atoms with Gasteiger partial charge < -0.3 is 16.0 Å². The topological polar surface area (TPSA) is 75.4 Å². The Labute approximate surface area is 153 Å². The molecule has 0 saturated carbocycles. The minimum absolute atomic E-state index is 0. The molecule has 2 aromatic rings. The zero-order valence-corrected chi connectivity index (χ0v) is 14.7. The smallest absolute Gasteiger partial charge is 0.245 e. The summed E-state index contributed by atoms with van der Waals surface area (Å²) in [6.07, 6.45) is 1.58. The van der Waals surface area contributed by atoms with Gasteiger partial charge in [0, 0.05) is 25.2 Å². The highest BCUT2D eigenvalue weighted by Gasteiger charge is 2.20. The van der Waals surface area contributed by atoms with Gasteiger partial charge in [-0.15, -0.1) is 12.4 Å². The minimum Gasteiger partial charge on any atom is -0.338 e. The number of carbonyl (C=O) groups excluding carboxylic acids is 2. The summed E-state index contributed by atoms with van der Waals surface area (Å²) in [7, 11) is 0. The minimum atomic E-state index is -0.701. The lowest BCUT2D eigenvalue weighted by Crippen LogP contribution is -2.27. The molecule has 25 heavy (non-hydrogen) atoms. The number of hydrogen-bond donors (Lipinski definition) is 2. The number of likely N-dealkylation sites (tertiary alicyclic amines) is 1. The molecule has 1 saturated heterocycles. The monoisotopic (exact) mass is 359 g/mol. The van der Waals surface area contributed by atoms with Crippen LogP contribution in [0.15, 0.2) is 54.6 Å². The third-order valence-electron chi connectivity index (χ3n) is 4.21. The van der Waals surface area contributed by atoms with Crippen LogP contribution in [0.4, 0.5) is 5.69 Å². The molecular formula is C19H22ClN3O2. The molecule has 1 unspecified atom stereocenters. The molecule has 1 atom stereocenters. The van der Waals surface area contributed by atoms with E-state index in [4.69, 9.17) is 5.73 Å². The number of anilines is 1. The highest BCUT2D eigenvalue weighted by Crippen LogP contribution is 2.17. The highest BCUT2D eigenvalue weighted by atomic mass is 35.5. The van der Waals surface area contributed by atoms with Crippen LogP contribution in [-0.4, -0.2) is 23.3 Å². The molecule has 0 spiro atoms. The van der Waals surface area contributed by atoms with E-state index in [1.165, 1.54) is 0 Å². The summed E-state index contributed by atoms with van der Waals surface area (Å²) < 4.78 is 0. The standard InChI is InChI=1S/C19H21N3O2.ClH/c20-18(15-5-2-1-3-6-15)19(24)21-16-10-8-14(9-11-16)13-22-12-4-7-17(22)23;/h1-3,5-6,8-11,18H,4,7,12-13,20H2,(H,21,24);1H. The van der Waals surface area contributed by atoms with Crippen molar-refractivity contribution in [3.8, 4) is 0 Å². The molecule has 0 bridgehead atoms. The van der Waals surface area contributed by atoms with Crippen molar-refractivity contribution in [3.05, 3.63) is 65.7 Å². The fourth-order valence-electron chi connectivity index (χ4n) is 2.82. The highest BCUT2D eigenvalue weighted by molar-refractivity contribution is 5.95. The van der Waals surface area contributed by atoms with Gasteiger partial charge in [-0.3, -0.25) is 9.59 Å². The number of rotatable bonds is 5. The normalized spacial score (nSPS) is 14.8. The summed E-state index contributed by atoms with van der Waals surface area (Å²) in [5.74, 6) is -0.0371. The van der Waals surface area contributed by atoms with Gasteiger partial charge >= 0.3 is 0 Å². The third-order valence-corrected chi connectivity index (χ3v) is 4.21. The van der Waals surface area contributed by atoms with Gasteiger partial charge in [0.15, 0.2) is 0 Å². The van der Waals surface area contributed by atoms with Gasteiger partial charge in [0.25, 0.3) is 0 Å². The van der Waals surface area contributed by atoms with E-state index in [1.807, 2.05) is 59.5 Å². The predicted octanol–water partition coefficient (Wildman–Crippen LogP) is 2.87. The summed E-state index contributed by atoms with van der Waals surface area (Å²) in [4.78, 5) is 25.7. The SMILES string of the molecule is Cl.NC(C(=O)Nc1ccc(CN2CCCC2=O)cc1)c1ccccc1. The summed E-state index contributed by atoms with van der Waals surface area (Å²) in [6, 6.07) is 16.1. The molecule has 0 aromatic heterocycles. The first kappa shape index (κ1) is 19.0. The van der Waals surface area contributed by atoms with Crippen LogP contribution in [0.25, 0.3) is 0 Å². The predicted molar refractivity (Wildman–Crippen MR) is 100 cm³/mol. The number of amides is 2. The van der Waals surface area contributed by atoms with Crippen molar-refractivity contribution in [3.63, 3.8) is 0 Å². The van der Waals surface area contributed by atoms with Crippen molar-refractivity contribution in [1.82, 2.24) is 4.90 Å². The van der Waals surface area contributed by atoms with Crippen molar-refractivity contribution < 1.29 is 9.59 Å². The second-order valence-electron chi connectivity index (χ2n) is 5.99. The molecule has 3 N–H and O–H groups in total. The maximum absolute atomic E-state index is 12.2. The summed E-state index contributed by atoms with van der Waals surface area (Å²) in [5.41, 5.74) is 8.51. The van der Waals surface area contributed by atoms with Crippen molar-refractivity contribution in [2.75, 3.05) is 11.9 Å². The van der Waals surface area contributed by atoms with E-state index >= 15 is 0 Å². The lowest BCUT2D eigenvalue weighted by molar-refractivity contribution is -0.128. The van der Waals surface area contributed by atoms with Gasteiger partial charge in [-0.2, -0.15) is 0 Å². The van der Waals surface area contributed by atoms with Crippen molar-refractivity contribution in [2.24, 2.45) is 5.73 Å². The molecule has 132 valence electrons. The molecule has 5 nitrogen and oxygen atoms in total. The van der Waals surface area contributed by atoms with Crippen LogP contribution in [0.1, 0.15) is 30.0 Å². The average molecular weight is 360 g/mol. The largest absolute Gasteiger partial charge is 0.338 e. The lowest BCUT2D eigenvalue weighted by atomic mass is 10.1. The van der Waals surface area contributed by atoms with E-state index in [-0.39, 0.29) is 24.2 Å². The molecule has 0 aliphatic carbocycles. The quantitative estimate of drug-likeness (QED) is 0.861. The van der Waals surface area contributed by atoms with Gasteiger partial charge in [0.05, 0.1) is 0 Å². The first-order valence-corrected chi connectivity index (χ1v) is 8.11. The lowest BCUT2D eigenvalue weighted by Gasteiger charge is -2.16. The van der Waals surface area contributed by atoms with Crippen LogP contribution < -0.4 is 11.1 Å². The molecule has 1 aliphatic heterocycles. The maximum atomic E-state index is 12.2. The van der Waals surface area contributed by atoms with Crippen LogP contribution in [-0.2, 0) is 16.1 Å². The van der Waals surface area contributed by atoms with Gasteiger partial charge in [0.2, 0.25) is 11.8 Å². The Hall–Kier alpha value is -2.37. The number of benzene rings is 2. The summed E-state index contributed by atoms with van der Waals surface area (Å²) in [6.45, 7) is 1.44. The van der Waals surface area contributed by atoms with Crippen LogP contribution in [0, 0.1) is 0 Å². The van der Waals surface area contributed by atoms with Gasteiger partial charge in [-0.1, -0.05) is 42.5 Å². The Kier molecular flexibility index (Phi) is 6.56. The van der Waals surface area contributed by atoms with Crippen LogP contribution >= 0.6 is 12.4 Å². The molecule has 1 fully saturated rings. The number of carbonyl (C=O) groups is 2. The molecule has 3 rings (SSSR count). The molecular weight excluding hydrogens is 338 g/mol. The van der Waals surface area contributed by atoms with E-state index in [0.29, 0.717) is 18.7 Å². The Morgan fingerprint density at radius 2 is 1.80 bits per heavy atom. The van der Waals surface area contributed by atoms with E-state index in [2.05, 4.69) is 5.32 Å². The van der Waals surface area contributed by atoms with Crippen LogP contribution in [0.5, 0.6) is 0 Å². The number of nitrogens with two attached hydrogens (primary N) is 1. The van der Waals surface area contributed by atoms with Gasteiger partial charge in [-0.25, -0.2) is 0 Å². The first-order valence-electron chi connectivity index (χ1n) is 8.11. The fraction of sp³-hybridized carbons (Fsp3) is 0.263. The molecule has 0 radical (unpaired) electrons. The van der Waals surface area contributed by atoms with E-state index < -0.39 is 6.04 Å². The van der Waals surface area contributed by atoms with Crippen molar-refractivity contribution >= 4 is 29.9 Å². The van der Waals surface area contributed by atoms with Crippen LogP contribution in [0.3, 0.4) is 0 Å². The fourth-order valence-corrected chi connectivity index (χ4v) is 2.82. The van der Waals surface area contributed by atoms with Gasteiger partial charge in [0.1, 0.15) is 6.04 Å². The summed E-state index contributed by atoms with van der Waals surface area (Å²) >= 11 is 0. The van der Waals surface area contributed by atoms with Crippen molar-refractivity contribution in [2.45, 2.75) is 25.4 Å². The zero-order chi connectivity index (χ0) is 16.9. The van der Waals surface area contributed by atoms with Crippen molar-refractivity contribution in [1.29, 1.82) is 0 Å². The van der Waals surface area contributed by atoms with Gasteiger partial charge in [-0.05, 0) is 29.7 Å². The Morgan fingerprint density at radius 3 is 2.40 bits per heavy atom. The maximum Gasteiger partial charge on any atom is 0.245 e. The zero-order valence-electron chi connectivity index (χ0n) is 13.9. The second-order valence-corrected chi connectivity index (χ2v) is 5.99. The Balaban J connectivity index is 0.00000225. The number of nitrogens with one attached hydrogen (secondary N) is 1. The number of halogens is 1. The molecule has 2 amide bonds. The number of hydrogen-bond acceptors (Lipinski definition) is 3. The van der Waals surface area contributed by atoms with E-state index in [9.17, 15) is 9.59 Å². The van der Waals surface area contributed by atoms with E-state index in [0.717, 1.165) is 24.1 Å². The summed E-state index contributed by atoms with van der Waals surface area (Å²) in [5, 5.41) is 2.83. The number of nitrogens with zero attached hydrogens (tertiary/aromatic N) is 1. The van der Waals surface area contributed by atoms with E-state index in [1.54, 1.807) is 0 Å². The average Bonchev–Trinajstić information content (AvgIpc) is 3.01. The van der Waals surface area contributed by atoms with Crippen LogP contribution in [0.2, 0.25) is 0 Å². The molecule has 1 aliphatic rings. The third kappa shape index (κ3) is 4.81. The molecule has 1 heterocycles. The first-order chi connectivity index (χ1) is 11.6. The molecule has 6 heteroatoms. The Morgan fingerprint density at radius 1 is 1.12 bits per heavy atom.